The fraction of sp³-hybridized carbons (Fsp3) is 0.250. The molecule has 1 atom stereocenters. The SMILES string of the molecule is Fc1ccc(I)c([C@@H]2CO2)c1. The van der Waals surface area contributed by atoms with E-state index in [-0.39, 0.29) is 11.9 Å². The van der Waals surface area contributed by atoms with E-state index in [9.17, 15) is 4.39 Å². The van der Waals surface area contributed by atoms with Gasteiger partial charge < -0.3 is 4.74 Å². The molecule has 1 saturated heterocycles. The minimum atomic E-state index is -0.184. The average Bonchev–Trinajstić information content (AvgIpc) is 2.76. The van der Waals surface area contributed by atoms with Crippen LogP contribution in [0.3, 0.4) is 0 Å². The van der Waals surface area contributed by atoms with Gasteiger partial charge in [-0.25, -0.2) is 4.39 Å². The molecule has 0 amide bonds. The highest BCUT2D eigenvalue weighted by molar-refractivity contribution is 14.1. The minimum Gasteiger partial charge on any atom is -0.368 e. The third-order valence-corrected chi connectivity index (χ3v) is 2.62. The van der Waals surface area contributed by atoms with E-state index < -0.39 is 0 Å². The topological polar surface area (TPSA) is 12.5 Å². The van der Waals surface area contributed by atoms with Crippen molar-refractivity contribution in [3.8, 4) is 0 Å². The molecule has 0 spiro atoms. The minimum absolute atomic E-state index is 0.151. The van der Waals surface area contributed by atoms with Crippen LogP contribution >= 0.6 is 22.6 Å². The van der Waals surface area contributed by atoms with E-state index in [4.69, 9.17) is 4.74 Å². The third-order valence-electron chi connectivity index (χ3n) is 1.64. The van der Waals surface area contributed by atoms with Gasteiger partial charge in [-0.1, -0.05) is 0 Å². The van der Waals surface area contributed by atoms with Crippen molar-refractivity contribution in [3.63, 3.8) is 0 Å². The zero-order chi connectivity index (χ0) is 7.84. The molecule has 11 heavy (non-hydrogen) atoms. The maximum absolute atomic E-state index is 12.7. The van der Waals surface area contributed by atoms with Crippen molar-refractivity contribution in [3.05, 3.63) is 33.1 Å². The number of hydrogen-bond acceptors (Lipinski definition) is 1. The summed E-state index contributed by atoms with van der Waals surface area (Å²) in [6.07, 6.45) is 0.151. The summed E-state index contributed by atoms with van der Waals surface area (Å²) in [5.41, 5.74) is 0.977. The molecule has 0 bridgehead atoms. The number of epoxide rings is 1. The summed E-state index contributed by atoms with van der Waals surface area (Å²) in [7, 11) is 0. The van der Waals surface area contributed by atoms with Crippen LogP contribution in [0, 0.1) is 9.39 Å². The molecule has 1 fully saturated rings. The smallest absolute Gasteiger partial charge is 0.123 e. The second-order valence-corrected chi connectivity index (χ2v) is 3.65. The van der Waals surface area contributed by atoms with Crippen molar-refractivity contribution in [1.82, 2.24) is 0 Å². The van der Waals surface area contributed by atoms with E-state index in [0.717, 1.165) is 15.7 Å². The van der Waals surface area contributed by atoms with Gasteiger partial charge in [0, 0.05) is 3.57 Å². The monoisotopic (exact) mass is 264 g/mol. The van der Waals surface area contributed by atoms with Gasteiger partial charge in [0.2, 0.25) is 0 Å². The van der Waals surface area contributed by atoms with Gasteiger partial charge >= 0.3 is 0 Å². The Morgan fingerprint density at radius 2 is 2.27 bits per heavy atom. The molecule has 0 N–H and O–H groups in total. The summed E-state index contributed by atoms with van der Waals surface area (Å²) < 4.78 is 18.8. The molecule has 0 saturated carbocycles. The molecule has 0 aromatic heterocycles. The number of ether oxygens (including phenoxy) is 1. The van der Waals surface area contributed by atoms with Crippen LogP contribution in [0.4, 0.5) is 4.39 Å². The number of rotatable bonds is 1. The van der Waals surface area contributed by atoms with Gasteiger partial charge in [0.1, 0.15) is 11.9 Å². The Hall–Kier alpha value is -0.160. The maximum atomic E-state index is 12.7. The Balaban J connectivity index is 2.42. The van der Waals surface area contributed by atoms with Gasteiger partial charge in [0.25, 0.3) is 0 Å². The van der Waals surface area contributed by atoms with Crippen molar-refractivity contribution in [1.29, 1.82) is 0 Å². The fourth-order valence-electron chi connectivity index (χ4n) is 0.989. The van der Waals surface area contributed by atoms with Gasteiger partial charge in [0.05, 0.1) is 6.61 Å². The molecule has 58 valence electrons. The van der Waals surface area contributed by atoms with E-state index in [2.05, 4.69) is 22.6 Å². The van der Waals surface area contributed by atoms with Crippen LogP contribution in [-0.4, -0.2) is 6.61 Å². The molecule has 3 heteroatoms. The first-order chi connectivity index (χ1) is 5.27. The standard InChI is InChI=1S/C8H6FIO/c9-5-1-2-7(10)6(3-5)8-4-11-8/h1-3,8H,4H2/t8-/m0/s1. The van der Waals surface area contributed by atoms with Crippen LogP contribution in [0.5, 0.6) is 0 Å². The molecule has 2 rings (SSSR count). The van der Waals surface area contributed by atoms with Crippen LogP contribution in [0.1, 0.15) is 11.7 Å². The average molecular weight is 264 g/mol. The summed E-state index contributed by atoms with van der Waals surface area (Å²) in [5.74, 6) is -0.184. The fourth-order valence-corrected chi connectivity index (χ4v) is 1.67. The lowest BCUT2D eigenvalue weighted by molar-refractivity contribution is 0.414. The van der Waals surface area contributed by atoms with Gasteiger partial charge in [-0.2, -0.15) is 0 Å². The number of halogens is 2. The first kappa shape index (κ1) is 7.49. The summed E-state index contributed by atoms with van der Waals surface area (Å²) >= 11 is 2.19. The van der Waals surface area contributed by atoms with Crippen LogP contribution < -0.4 is 0 Å². The maximum Gasteiger partial charge on any atom is 0.123 e. The normalized spacial score (nSPS) is 21.8. The van der Waals surface area contributed by atoms with Crippen LogP contribution in [-0.2, 0) is 4.74 Å². The highest BCUT2D eigenvalue weighted by Gasteiger charge is 2.26. The quantitative estimate of drug-likeness (QED) is 0.560. The summed E-state index contributed by atoms with van der Waals surface area (Å²) in [6.45, 7) is 0.736. The molecule has 1 aromatic carbocycles. The molecule has 1 nitrogen and oxygen atoms in total. The van der Waals surface area contributed by atoms with Gasteiger partial charge in [-0.15, -0.1) is 0 Å². The van der Waals surface area contributed by atoms with E-state index >= 15 is 0 Å². The Morgan fingerprint density at radius 3 is 2.91 bits per heavy atom. The van der Waals surface area contributed by atoms with Gasteiger partial charge in [-0.05, 0) is 46.4 Å². The van der Waals surface area contributed by atoms with Crippen LogP contribution in [0.15, 0.2) is 18.2 Å². The predicted octanol–water partition coefficient (Wildman–Crippen LogP) is 2.50. The molecule has 1 aliphatic heterocycles. The summed E-state index contributed by atoms with van der Waals surface area (Å²) in [6, 6.07) is 4.78. The highest BCUT2D eigenvalue weighted by atomic mass is 127. The molecule has 0 aliphatic carbocycles. The van der Waals surface area contributed by atoms with E-state index in [0.29, 0.717) is 0 Å². The Kier molecular flexibility index (Phi) is 1.85. The second-order valence-electron chi connectivity index (χ2n) is 2.49. The van der Waals surface area contributed by atoms with Crippen molar-refractivity contribution in [2.24, 2.45) is 0 Å². The Labute approximate surface area is 77.7 Å². The molecule has 0 radical (unpaired) electrons. The number of benzene rings is 1. The third kappa shape index (κ3) is 1.54. The Bertz CT molecular complexity index is 283. The molecule has 1 aliphatic rings. The van der Waals surface area contributed by atoms with Gasteiger partial charge in [-0.3, -0.25) is 0 Å². The van der Waals surface area contributed by atoms with Crippen molar-refractivity contribution >= 4 is 22.6 Å². The molecule has 1 heterocycles. The first-order valence-electron chi connectivity index (χ1n) is 3.34. The lowest BCUT2D eigenvalue weighted by Crippen LogP contribution is -1.87. The van der Waals surface area contributed by atoms with E-state index in [1.165, 1.54) is 6.07 Å². The molecular formula is C8H6FIO. The second kappa shape index (κ2) is 2.71. The molecular weight excluding hydrogens is 258 g/mol. The van der Waals surface area contributed by atoms with E-state index in [1.807, 2.05) is 0 Å². The van der Waals surface area contributed by atoms with Crippen molar-refractivity contribution < 1.29 is 9.13 Å². The Morgan fingerprint density at radius 1 is 1.55 bits per heavy atom. The lowest BCUT2D eigenvalue weighted by Gasteiger charge is -1.98. The summed E-state index contributed by atoms with van der Waals surface area (Å²) in [5, 5.41) is 0. The van der Waals surface area contributed by atoms with Crippen LogP contribution in [0.2, 0.25) is 0 Å². The molecule has 0 unspecified atom stereocenters. The van der Waals surface area contributed by atoms with Crippen molar-refractivity contribution in [2.45, 2.75) is 6.10 Å². The first-order valence-corrected chi connectivity index (χ1v) is 4.42. The number of hydrogen-bond donors (Lipinski definition) is 0. The highest BCUT2D eigenvalue weighted by Crippen LogP contribution is 2.33. The summed E-state index contributed by atoms with van der Waals surface area (Å²) in [4.78, 5) is 0. The zero-order valence-corrected chi connectivity index (χ0v) is 7.84. The molecule has 1 aromatic rings. The van der Waals surface area contributed by atoms with Gasteiger partial charge in [0.15, 0.2) is 0 Å². The lowest BCUT2D eigenvalue weighted by atomic mass is 10.2. The van der Waals surface area contributed by atoms with Crippen molar-refractivity contribution in [2.75, 3.05) is 6.61 Å². The predicted molar refractivity (Wildman–Crippen MR) is 47.8 cm³/mol. The van der Waals surface area contributed by atoms with Crippen LogP contribution in [0.25, 0.3) is 0 Å². The van der Waals surface area contributed by atoms with E-state index in [1.54, 1.807) is 12.1 Å². The zero-order valence-electron chi connectivity index (χ0n) is 5.68. The largest absolute Gasteiger partial charge is 0.368 e.